The quantitative estimate of drug-likeness (QED) is 0.684. The van der Waals surface area contributed by atoms with Gasteiger partial charge in [0.05, 0.1) is 5.69 Å². The van der Waals surface area contributed by atoms with Crippen molar-refractivity contribution < 1.29 is 4.39 Å². The van der Waals surface area contributed by atoms with Crippen LogP contribution in [0.1, 0.15) is 24.1 Å². The summed E-state index contributed by atoms with van der Waals surface area (Å²) in [7, 11) is 0. The van der Waals surface area contributed by atoms with Gasteiger partial charge in [0, 0.05) is 23.8 Å². The maximum Gasteiger partial charge on any atom is 0.249 e. The third kappa shape index (κ3) is 3.26. The van der Waals surface area contributed by atoms with E-state index in [0.29, 0.717) is 11.3 Å². The highest BCUT2D eigenvalue weighted by atomic mass is 19.1. The van der Waals surface area contributed by atoms with E-state index in [9.17, 15) is 14.0 Å². The fourth-order valence-electron chi connectivity index (χ4n) is 2.55. The predicted octanol–water partition coefficient (Wildman–Crippen LogP) is 3.02. The number of anilines is 2. The molecule has 0 saturated heterocycles. The van der Waals surface area contributed by atoms with Gasteiger partial charge in [-0.2, -0.15) is 0 Å². The van der Waals surface area contributed by atoms with E-state index in [-0.39, 0.29) is 18.4 Å². The summed E-state index contributed by atoms with van der Waals surface area (Å²) in [5, 5.41) is 6.15. The van der Waals surface area contributed by atoms with Gasteiger partial charge in [0.2, 0.25) is 10.9 Å². The first-order valence-corrected chi connectivity index (χ1v) is 7.69. The number of para-hydroxylation sites is 1. The van der Waals surface area contributed by atoms with Gasteiger partial charge in [-0.1, -0.05) is 30.3 Å². The molecule has 4 nitrogen and oxygen atoms in total. The molecule has 24 heavy (non-hydrogen) atoms. The lowest BCUT2D eigenvalue weighted by molar-refractivity contribution is 0.562. The summed E-state index contributed by atoms with van der Waals surface area (Å²) in [6, 6.07) is 15.3. The molecule has 2 N–H and O–H groups in total. The Morgan fingerprint density at radius 2 is 1.75 bits per heavy atom. The molecule has 0 aromatic heterocycles. The molecular weight excluding hydrogens is 307 g/mol. The molecule has 0 saturated carbocycles. The summed E-state index contributed by atoms with van der Waals surface area (Å²) in [5.41, 5.74) is 1.30. The zero-order valence-electron chi connectivity index (χ0n) is 13.2. The zero-order chi connectivity index (χ0) is 17.1. The smallest absolute Gasteiger partial charge is 0.249 e. The van der Waals surface area contributed by atoms with Gasteiger partial charge in [-0.05, 0) is 36.8 Å². The molecule has 0 aliphatic rings. The first-order valence-electron chi connectivity index (χ1n) is 7.69. The lowest BCUT2D eigenvalue weighted by Crippen LogP contribution is -2.40. The van der Waals surface area contributed by atoms with Crippen LogP contribution in [0.25, 0.3) is 0 Å². The summed E-state index contributed by atoms with van der Waals surface area (Å²) in [6.45, 7) is 2.13. The molecule has 3 rings (SSSR count). The van der Waals surface area contributed by atoms with E-state index in [0.717, 1.165) is 11.3 Å². The molecule has 0 amide bonds. The van der Waals surface area contributed by atoms with E-state index in [1.807, 2.05) is 43.3 Å². The van der Waals surface area contributed by atoms with Gasteiger partial charge < -0.3 is 10.6 Å². The first kappa shape index (κ1) is 16.1. The van der Waals surface area contributed by atoms with Crippen molar-refractivity contribution in [1.82, 2.24) is 5.32 Å². The standard InChI is InChI=1S/C19H17FN2O2/c1-12(13-6-5-7-14(20)10-13)21-11-16-17(19(24)18(16)23)22-15-8-3-2-4-9-15/h2-10,12,21-22H,11H2,1H3/t12-/m1/s1. The summed E-state index contributed by atoms with van der Waals surface area (Å²) in [5.74, 6) is -0.304. The maximum absolute atomic E-state index is 13.3. The monoisotopic (exact) mass is 324 g/mol. The van der Waals surface area contributed by atoms with Gasteiger partial charge >= 0.3 is 0 Å². The Morgan fingerprint density at radius 1 is 1.00 bits per heavy atom. The van der Waals surface area contributed by atoms with Crippen molar-refractivity contribution in [3.8, 4) is 0 Å². The van der Waals surface area contributed by atoms with Crippen LogP contribution in [-0.4, -0.2) is 0 Å². The molecule has 5 heteroatoms. The van der Waals surface area contributed by atoms with E-state index in [1.165, 1.54) is 12.1 Å². The minimum atomic E-state index is -0.505. The van der Waals surface area contributed by atoms with Gasteiger partial charge in [-0.15, -0.1) is 0 Å². The van der Waals surface area contributed by atoms with Gasteiger partial charge in [0.15, 0.2) is 0 Å². The molecule has 122 valence electrons. The third-order valence-electron chi connectivity index (χ3n) is 3.99. The lowest BCUT2D eigenvalue weighted by Gasteiger charge is -2.17. The van der Waals surface area contributed by atoms with Crippen LogP contribution in [-0.2, 0) is 6.54 Å². The van der Waals surface area contributed by atoms with Crippen LogP contribution in [0, 0.1) is 5.82 Å². The Hall–Kier alpha value is -2.79. The molecule has 3 aromatic rings. The highest BCUT2D eigenvalue weighted by Crippen LogP contribution is 2.18. The normalized spacial score (nSPS) is 12.2. The second kappa shape index (κ2) is 6.76. The molecular formula is C19H17FN2O2. The molecule has 0 aliphatic heterocycles. The van der Waals surface area contributed by atoms with Crippen molar-refractivity contribution in [2.24, 2.45) is 0 Å². The summed E-state index contributed by atoms with van der Waals surface area (Å²) >= 11 is 0. The van der Waals surface area contributed by atoms with E-state index in [1.54, 1.807) is 6.07 Å². The van der Waals surface area contributed by atoms with E-state index in [2.05, 4.69) is 10.6 Å². The molecule has 0 fully saturated rings. The molecule has 0 heterocycles. The Balaban J connectivity index is 1.71. The molecule has 0 aliphatic carbocycles. The lowest BCUT2D eigenvalue weighted by atomic mass is 10.0. The van der Waals surface area contributed by atoms with Crippen molar-refractivity contribution in [2.75, 3.05) is 5.32 Å². The van der Waals surface area contributed by atoms with Crippen LogP contribution in [0.4, 0.5) is 15.8 Å². The fourth-order valence-corrected chi connectivity index (χ4v) is 2.55. The molecule has 0 bridgehead atoms. The van der Waals surface area contributed by atoms with Crippen LogP contribution >= 0.6 is 0 Å². The third-order valence-corrected chi connectivity index (χ3v) is 3.99. The average molecular weight is 324 g/mol. The average Bonchev–Trinajstić information content (AvgIpc) is 2.61. The predicted molar refractivity (Wildman–Crippen MR) is 92.7 cm³/mol. The van der Waals surface area contributed by atoms with Crippen LogP contribution in [0.2, 0.25) is 0 Å². The Labute approximate surface area is 138 Å². The number of benzene rings is 2. The molecule has 0 radical (unpaired) electrons. The van der Waals surface area contributed by atoms with Crippen molar-refractivity contribution >= 4 is 11.4 Å². The van der Waals surface area contributed by atoms with Gasteiger partial charge in [-0.25, -0.2) is 4.39 Å². The molecule has 0 spiro atoms. The Bertz CT molecular complexity index is 915. The van der Waals surface area contributed by atoms with Crippen molar-refractivity contribution in [1.29, 1.82) is 0 Å². The molecule has 3 aromatic carbocycles. The number of halogens is 1. The molecule has 0 unspecified atom stereocenters. The number of rotatable bonds is 6. The Morgan fingerprint density at radius 3 is 2.46 bits per heavy atom. The van der Waals surface area contributed by atoms with Crippen molar-refractivity contribution in [3.05, 3.63) is 92.0 Å². The van der Waals surface area contributed by atoms with Gasteiger partial charge in [0.1, 0.15) is 5.82 Å². The van der Waals surface area contributed by atoms with Gasteiger partial charge in [-0.3, -0.25) is 9.59 Å². The largest absolute Gasteiger partial charge is 0.352 e. The number of nitrogens with one attached hydrogen (secondary N) is 2. The van der Waals surface area contributed by atoms with Crippen LogP contribution < -0.4 is 21.5 Å². The number of hydrogen-bond acceptors (Lipinski definition) is 4. The number of hydrogen-bond donors (Lipinski definition) is 2. The Kier molecular flexibility index (Phi) is 4.53. The minimum Gasteiger partial charge on any atom is -0.352 e. The van der Waals surface area contributed by atoms with E-state index >= 15 is 0 Å². The fraction of sp³-hybridized carbons (Fsp3) is 0.158. The summed E-state index contributed by atoms with van der Waals surface area (Å²) in [6.07, 6.45) is 0. The van der Waals surface area contributed by atoms with E-state index < -0.39 is 10.9 Å². The van der Waals surface area contributed by atoms with E-state index in [4.69, 9.17) is 0 Å². The zero-order valence-corrected chi connectivity index (χ0v) is 13.2. The van der Waals surface area contributed by atoms with Crippen molar-refractivity contribution in [3.63, 3.8) is 0 Å². The van der Waals surface area contributed by atoms with Crippen LogP contribution in [0.15, 0.2) is 64.2 Å². The van der Waals surface area contributed by atoms with Gasteiger partial charge in [0.25, 0.3) is 0 Å². The first-order chi connectivity index (χ1) is 11.6. The maximum atomic E-state index is 13.3. The SMILES string of the molecule is C[C@@H](NCc1c(Nc2ccccc2)c(=O)c1=O)c1cccc(F)c1. The highest BCUT2D eigenvalue weighted by Gasteiger charge is 2.21. The second-order valence-electron chi connectivity index (χ2n) is 5.66. The van der Waals surface area contributed by atoms with Crippen molar-refractivity contribution in [2.45, 2.75) is 19.5 Å². The summed E-state index contributed by atoms with van der Waals surface area (Å²) < 4.78 is 13.3. The topological polar surface area (TPSA) is 58.2 Å². The van der Waals surface area contributed by atoms with Crippen LogP contribution in [0.3, 0.4) is 0 Å². The minimum absolute atomic E-state index is 0.144. The molecule has 1 atom stereocenters. The highest BCUT2D eigenvalue weighted by molar-refractivity contribution is 5.66. The summed E-state index contributed by atoms with van der Waals surface area (Å²) in [4.78, 5) is 23.6. The van der Waals surface area contributed by atoms with Crippen LogP contribution in [0.5, 0.6) is 0 Å². The second-order valence-corrected chi connectivity index (χ2v) is 5.66.